The van der Waals surface area contributed by atoms with Crippen molar-refractivity contribution in [2.75, 3.05) is 31.1 Å². The largest absolute Gasteiger partial charge is 0.347 e. The van der Waals surface area contributed by atoms with Gasteiger partial charge in [0.15, 0.2) is 5.13 Å². The van der Waals surface area contributed by atoms with E-state index < -0.39 is 0 Å². The second-order valence-electron chi connectivity index (χ2n) is 3.34. The first-order valence-corrected chi connectivity index (χ1v) is 5.56. The van der Waals surface area contributed by atoms with E-state index in [0.717, 1.165) is 26.2 Å². The van der Waals surface area contributed by atoms with Gasteiger partial charge in [-0.1, -0.05) is 0 Å². The van der Waals surface area contributed by atoms with Crippen molar-refractivity contribution in [2.45, 2.75) is 13.3 Å². The topological polar surface area (TPSA) is 28.2 Å². The first-order valence-electron chi connectivity index (χ1n) is 4.74. The van der Waals surface area contributed by atoms with Gasteiger partial charge >= 0.3 is 0 Å². The highest BCUT2D eigenvalue weighted by molar-refractivity contribution is 7.15. The van der Waals surface area contributed by atoms with E-state index in [9.17, 15) is 0 Å². The highest BCUT2D eigenvalue weighted by Crippen LogP contribution is 2.21. The van der Waals surface area contributed by atoms with Gasteiger partial charge in [-0.3, -0.25) is 0 Å². The Hall–Kier alpha value is -0.610. The summed E-state index contributed by atoms with van der Waals surface area (Å²) in [5, 5.41) is 4.57. The summed E-state index contributed by atoms with van der Waals surface area (Å²) in [6.07, 6.45) is 3.18. The van der Waals surface area contributed by atoms with Crippen LogP contribution < -0.4 is 10.2 Å². The Kier molecular flexibility index (Phi) is 2.80. The molecule has 0 amide bonds. The fourth-order valence-electron chi connectivity index (χ4n) is 1.53. The van der Waals surface area contributed by atoms with Crippen LogP contribution in [0.1, 0.15) is 11.3 Å². The number of anilines is 1. The second-order valence-corrected chi connectivity index (χ2v) is 4.56. The van der Waals surface area contributed by atoms with E-state index in [2.05, 4.69) is 22.1 Å². The fraction of sp³-hybridized carbons (Fsp3) is 0.667. The molecule has 1 saturated heterocycles. The molecule has 1 fully saturated rings. The normalized spacial score (nSPS) is 18.7. The Labute approximate surface area is 82.8 Å². The molecule has 1 aliphatic heterocycles. The average molecular weight is 197 g/mol. The predicted octanol–water partition coefficient (Wildman–Crippen LogP) is 1.25. The van der Waals surface area contributed by atoms with Gasteiger partial charge in [-0.25, -0.2) is 4.98 Å². The van der Waals surface area contributed by atoms with Gasteiger partial charge < -0.3 is 10.2 Å². The molecule has 4 heteroatoms. The minimum absolute atomic E-state index is 1.08. The third kappa shape index (κ3) is 2.19. The van der Waals surface area contributed by atoms with E-state index in [1.54, 1.807) is 11.3 Å². The standard InChI is InChI=1S/C9H15N3S/c1-8-7-11-9(13-8)12-5-2-3-10-4-6-12/h7,10H,2-6H2,1H3. The Morgan fingerprint density at radius 3 is 3.15 bits per heavy atom. The van der Waals surface area contributed by atoms with E-state index in [4.69, 9.17) is 0 Å². The van der Waals surface area contributed by atoms with Gasteiger partial charge in [-0.15, -0.1) is 11.3 Å². The van der Waals surface area contributed by atoms with Crippen LogP contribution in [0.4, 0.5) is 5.13 Å². The summed E-state index contributed by atoms with van der Waals surface area (Å²) in [5.74, 6) is 0. The van der Waals surface area contributed by atoms with Crippen molar-refractivity contribution in [3.63, 3.8) is 0 Å². The average Bonchev–Trinajstić information content (AvgIpc) is 2.43. The van der Waals surface area contributed by atoms with Gasteiger partial charge in [0.1, 0.15) is 0 Å². The molecule has 0 atom stereocenters. The number of aromatic nitrogens is 1. The van der Waals surface area contributed by atoms with Crippen molar-refractivity contribution >= 4 is 16.5 Å². The number of hydrogen-bond donors (Lipinski definition) is 1. The van der Waals surface area contributed by atoms with Crippen molar-refractivity contribution < 1.29 is 0 Å². The minimum atomic E-state index is 1.08. The quantitative estimate of drug-likeness (QED) is 0.734. The van der Waals surface area contributed by atoms with E-state index in [1.165, 1.54) is 16.4 Å². The molecule has 13 heavy (non-hydrogen) atoms. The van der Waals surface area contributed by atoms with Crippen LogP contribution in [0.25, 0.3) is 0 Å². The summed E-state index contributed by atoms with van der Waals surface area (Å²) in [6, 6.07) is 0. The summed E-state index contributed by atoms with van der Waals surface area (Å²) in [4.78, 5) is 8.07. The van der Waals surface area contributed by atoms with Crippen LogP contribution in [0.2, 0.25) is 0 Å². The number of nitrogens with one attached hydrogen (secondary N) is 1. The van der Waals surface area contributed by atoms with Gasteiger partial charge in [0.25, 0.3) is 0 Å². The van der Waals surface area contributed by atoms with Crippen LogP contribution in [0.5, 0.6) is 0 Å². The van der Waals surface area contributed by atoms with E-state index >= 15 is 0 Å². The number of hydrogen-bond acceptors (Lipinski definition) is 4. The molecule has 1 aromatic heterocycles. The molecule has 0 radical (unpaired) electrons. The first-order chi connectivity index (χ1) is 6.36. The predicted molar refractivity (Wildman–Crippen MR) is 56.6 cm³/mol. The molecule has 3 nitrogen and oxygen atoms in total. The first kappa shape index (κ1) is 8.97. The van der Waals surface area contributed by atoms with Gasteiger partial charge in [0, 0.05) is 30.7 Å². The van der Waals surface area contributed by atoms with Gasteiger partial charge in [-0.05, 0) is 19.9 Å². The molecule has 0 aromatic carbocycles. The zero-order chi connectivity index (χ0) is 9.10. The molecule has 2 heterocycles. The van der Waals surface area contributed by atoms with Crippen molar-refractivity contribution in [1.82, 2.24) is 10.3 Å². The monoisotopic (exact) mass is 197 g/mol. The molecule has 0 spiro atoms. The molecule has 2 rings (SSSR count). The molecule has 0 bridgehead atoms. The van der Waals surface area contributed by atoms with Gasteiger partial charge in [-0.2, -0.15) is 0 Å². The highest BCUT2D eigenvalue weighted by Gasteiger charge is 2.11. The van der Waals surface area contributed by atoms with E-state index in [0.29, 0.717) is 0 Å². The summed E-state index contributed by atoms with van der Waals surface area (Å²) in [6.45, 7) is 6.56. The Bertz CT molecular complexity index is 264. The molecule has 72 valence electrons. The lowest BCUT2D eigenvalue weighted by Crippen LogP contribution is -2.27. The number of nitrogens with zero attached hydrogens (tertiary/aromatic N) is 2. The minimum Gasteiger partial charge on any atom is -0.347 e. The molecular formula is C9H15N3S. The van der Waals surface area contributed by atoms with Crippen molar-refractivity contribution in [3.05, 3.63) is 11.1 Å². The van der Waals surface area contributed by atoms with Crippen molar-refractivity contribution in [2.24, 2.45) is 0 Å². The smallest absolute Gasteiger partial charge is 0.185 e. The van der Waals surface area contributed by atoms with Gasteiger partial charge in [0.05, 0.1) is 0 Å². The van der Waals surface area contributed by atoms with Crippen LogP contribution in [-0.2, 0) is 0 Å². The molecule has 0 unspecified atom stereocenters. The molecule has 1 N–H and O–H groups in total. The lowest BCUT2D eigenvalue weighted by atomic mass is 10.4. The Morgan fingerprint density at radius 1 is 1.46 bits per heavy atom. The summed E-state index contributed by atoms with van der Waals surface area (Å²) in [5.41, 5.74) is 0. The Balaban J connectivity index is 2.06. The van der Waals surface area contributed by atoms with Crippen LogP contribution in [0, 0.1) is 6.92 Å². The van der Waals surface area contributed by atoms with E-state index in [1.807, 2.05) is 6.20 Å². The lowest BCUT2D eigenvalue weighted by molar-refractivity contribution is 0.724. The number of aryl methyl sites for hydroxylation is 1. The van der Waals surface area contributed by atoms with Crippen LogP contribution >= 0.6 is 11.3 Å². The third-order valence-corrected chi connectivity index (χ3v) is 3.19. The molecular weight excluding hydrogens is 182 g/mol. The maximum atomic E-state index is 4.40. The van der Waals surface area contributed by atoms with Crippen molar-refractivity contribution in [3.8, 4) is 0 Å². The zero-order valence-electron chi connectivity index (χ0n) is 7.92. The SMILES string of the molecule is Cc1cnc(N2CCCNCC2)s1. The number of rotatable bonds is 1. The lowest BCUT2D eigenvalue weighted by Gasteiger charge is -2.17. The van der Waals surface area contributed by atoms with Crippen LogP contribution in [0.3, 0.4) is 0 Å². The molecule has 0 saturated carbocycles. The van der Waals surface area contributed by atoms with Crippen molar-refractivity contribution in [1.29, 1.82) is 0 Å². The summed E-state index contributed by atoms with van der Waals surface area (Å²) in [7, 11) is 0. The summed E-state index contributed by atoms with van der Waals surface area (Å²) < 4.78 is 0. The zero-order valence-corrected chi connectivity index (χ0v) is 8.73. The highest BCUT2D eigenvalue weighted by atomic mass is 32.1. The van der Waals surface area contributed by atoms with Crippen LogP contribution in [-0.4, -0.2) is 31.2 Å². The van der Waals surface area contributed by atoms with E-state index in [-0.39, 0.29) is 0 Å². The molecule has 0 aliphatic carbocycles. The maximum absolute atomic E-state index is 4.40. The fourth-order valence-corrected chi connectivity index (χ4v) is 2.34. The molecule has 1 aromatic rings. The summed E-state index contributed by atoms with van der Waals surface area (Å²) >= 11 is 1.79. The second kappa shape index (κ2) is 4.07. The number of thiazole rings is 1. The van der Waals surface area contributed by atoms with Gasteiger partial charge in [0.2, 0.25) is 0 Å². The maximum Gasteiger partial charge on any atom is 0.185 e. The Morgan fingerprint density at radius 2 is 2.38 bits per heavy atom. The van der Waals surface area contributed by atoms with Crippen LogP contribution in [0.15, 0.2) is 6.20 Å². The third-order valence-electron chi connectivity index (χ3n) is 2.22. The molecule has 1 aliphatic rings.